The summed E-state index contributed by atoms with van der Waals surface area (Å²) in [6.07, 6.45) is 3.47. The average Bonchev–Trinajstić information content (AvgIpc) is 3.67. The van der Waals surface area contributed by atoms with Gasteiger partial charge in [0.2, 0.25) is 21.8 Å². The lowest BCUT2D eigenvalue weighted by atomic mass is 9.97. The van der Waals surface area contributed by atoms with Gasteiger partial charge in [0.15, 0.2) is 0 Å². The van der Waals surface area contributed by atoms with E-state index in [4.69, 9.17) is 4.74 Å². The summed E-state index contributed by atoms with van der Waals surface area (Å²) in [6, 6.07) is 12.4. The molecule has 0 radical (unpaired) electrons. The third-order valence-corrected chi connectivity index (χ3v) is 9.22. The molecule has 2 amide bonds. The molecule has 0 spiro atoms. The Kier molecular flexibility index (Phi) is 6.78. The lowest BCUT2D eigenvalue weighted by molar-refractivity contribution is -0.121. The van der Waals surface area contributed by atoms with Gasteiger partial charge in [-0.3, -0.25) is 9.59 Å². The normalized spacial score (nSPS) is 20.7. The second kappa shape index (κ2) is 9.86. The molecule has 3 aliphatic rings. The van der Waals surface area contributed by atoms with Crippen LogP contribution in [0, 0.1) is 11.8 Å². The summed E-state index contributed by atoms with van der Waals surface area (Å²) in [5, 5.41) is 2.93. The highest BCUT2D eigenvalue weighted by atomic mass is 32.2. The van der Waals surface area contributed by atoms with E-state index in [0.29, 0.717) is 44.6 Å². The Morgan fingerprint density at radius 2 is 1.69 bits per heavy atom. The molecule has 5 rings (SSSR count). The molecule has 2 aromatic carbocycles. The molecule has 1 atom stereocenters. The van der Waals surface area contributed by atoms with Crippen LogP contribution in [0.1, 0.15) is 45.1 Å². The molecule has 0 bridgehead atoms. The van der Waals surface area contributed by atoms with Crippen LogP contribution in [-0.4, -0.2) is 50.3 Å². The molecule has 8 nitrogen and oxygen atoms in total. The molecule has 192 valence electrons. The van der Waals surface area contributed by atoms with Crippen molar-refractivity contribution in [1.82, 2.24) is 4.31 Å². The van der Waals surface area contributed by atoms with Crippen LogP contribution in [0.4, 0.5) is 11.4 Å². The monoisotopic (exact) mass is 511 g/mol. The first-order chi connectivity index (χ1) is 17.3. The lowest BCUT2D eigenvalue weighted by Crippen LogP contribution is -2.41. The molecule has 2 aromatic rings. The number of fused-ring (bicyclic) bond motifs is 1. The van der Waals surface area contributed by atoms with Crippen molar-refractivity contribution >= 4 is 33.2 Å². The number of rotatable bonds is 7. The Hall–Kier alpha value is -2.91. The maximum atomic E-state index is 13.4. The summed E-state index contributed by atoms with van der Waals surface area (Å²) in [5.74, 6) is 0.684. The Balaban J connectivity index is 1.21. The first-order valence-electron chi connectivity index (χ1n) is 12.8. The van der Waals surface area contributed by atoms with Crippen molar-refractivity contribution in [3.8, 4) is 5.75 Å². The van der Waals surface area contributed by atoms with Gasteiger partial charge in [0.25, 0.3) is 0 Å². The number of carbonyl (C=O) groups is 2. The first-order valence-corrected chi connectivity index (χ1v) is 14.2. The second-order valence-corrected chi connectivity index (χ2v) is 11.9. The highest BCUT2D eigenvalue weighted by Gasteiger charge is 2.40. The molecule has 2 fully saturated rings. The Morgan fingerprint density at radius 3 is 2.33 bits per heavy atom. The molecule has 1 N–H and O–H groups in total. The third-order valence-electron chi connectivity index (χ3n) is 7.33. The summed E-state index contributed by atoms with van der Waals surface area (Å²) in [4.78, 5) is 27.6. The second-order valence-electron chi connectivity index (χ2n) is 9.95. The largest absolute Gasteiger partial charge is 0.494 e. The average molecular weight is 512 g/mol. The van der Waals surface area contributed by atoms with Crippen LogP contribution in [0.15, 0.2) is 47.4 Å². The summed E-state index contributed by atoms with van der Waals surface area (Å²) in [6.45, 7) is 5.10. The van der Waals surface area contributed by atoms with E-state index in [0.717, 1.165) is 29.8 Å². The predicted molar refractivity (Wildman–Crippen MR) is 138 cm³/mol. The van der Waals surface area contributed by atoms with Crippen LogP contribution >= 0.6 is 0 Å². The Bertz CT molecular complexity index is 1250. The number of ether oxygens (including phenoxy) is 1. The smallest absolute Gasteiger partial charge is 0.243 e. The highest BCUT2D eigenvalue weighted by molar-refractivity contribution is 7.89. The number of hydrogen-bond acceptors (Lipinski definition) is 5. The van der Waals surface area contributed by atoms with Gasteiger partial charge < -0.3 is 15.0 Å². The minimum absolute atomic E-state index is 0.0377. The SMILES string of the molecule is CCOc1ccc(NC(=O)C2CCN(S(=O)(=O)c3ccc4c(c3)C[C@@H](C)N4C(=O)C3CC3)CC2)cc1. The van der Waals surface area contributed by atoms with Crippen molar-refractivity contribution in [3.05, 3.63) is 48.0 Å². The Morgan fingerprint density at radius 1 is 1.00 bits per heavy atom. The summed E-state index contributed by atoms with van der Waals surface area (Å²) in [5.41, 5.74) is 2.44. The van der Waals surface area contributed by atoms with E-state index in [1.54, 1.807) is 30.3 Å². The van der Waals surface area contributed by atoms with Gasteiger partial charge in [-0.05, 0) is 94.0 Å². The molecule has 2 aliphatic heterocycles. The van der Waals surface area contributed by atoms with E-state index < -0.39 is 10.0 Å². The van der Waals surface area contributed by atoms with Gasteiger partial charge in [-0.25, -0.2) is 8.42 Å². The van der Waals surface area contributed by atoms with Crippen LogP contribution in [0.3, 0.4) is 0 Å². The molecular formula is C27H33N3O5S. The fourth-order valence-corrected chi connectivity index (χ4v) is 6.70. The van der Waals surface area contributed by atoms with Gasteiger partial charge in [0.05, 0.1) is 11.5 Å². The molecular weight excluding hydrogens is 478 g/mol. The van der Waals surface area contributed by atoms with Crippen molar-refractivity contribution in [2.45, 2.75) is 56.9 Å². The number of carbonyl (C=O) groups excluding carboxylic acids is 2. The predicted octanol–water partition coefficient (Wildman–Crippen LogP) is 3.81. The number of sulfonamides is 1. The highest BCUT2D eigenvalue weighted by Crippen LogP contribution is 2.40. The van der Waals surface area contributed by atoms with Crippen molar-refractivity contribution < 1.29 is 22.7 Å². The number of amides is 2. The standard InChI is InChI=1S/C27H33N3O5S/c1-3-35-23-8-6-22(7-9-23)28-26(31)19-12-14-29(15-13-19)36(33,34)24-10-11-25-21(17-24)16-18(2)30(25)27(32)20-4-5-20/h6-11,17-20H,3-5,12-16H2,1-2H3,(H,28,31)/t18-/m1/s1. The fourth-order valence-electron chi connectivity index (χ4n) is 5.18. The maximum absolute atomic E-state index is 13.4. The van der Waals surface area contributed by atoms with E-state index in [1.165, 1.54) is 4.31 Å². The van der Waals surface area contributed by atoms with E-state index in [1.807, 2.05) is 30.9 Å². The van der Waals surface area contributed by atoms with Crippen LogP contribution in [0.2, 0.25) is 0 Å². The molecule has 9 heteroatoms. The first kappa shape index (κ1) is 24.8. The molecule has 1 saturated heterocycles. The van der Waals surface area contributed by atoms with Gasteiger partial charge in [-0.1, -0.05) is 0 Å². The zero-order valence-corrected chi connectivity index (χ0v) is 21.6. The number of nitrogens with zero attached hydrogens (tertiary/aromatic N) is 2. The van der Waals surface area contributed by atoms with E-state index in [9.17, 15) is 18.0 Å². The molecule has 0 aromatic heterocycles. The van der Waals surface area contributed by atoms with Crippen LogP contribution < -0.4 is 15.0 Å². The number of nitrogens with one attached hydrogen (secondary N) is 1. The summed E-state index contributed by atoms with van der Waals surface area (Å²) < 4.78 is 33.7. The number of anilines is 2. The van der Waals surface area contributed by atoms with E-state index in [2.05, 4.69) is 5.32 Å². The minimum Gasteiger partial charge on any atom is -0.494 e. The molecule has 0 unspecified atom stereocenters. The van der Waals surface area contributed by atoms with Crippen molar-refractivity contribution in [2.24, 2.45) is 11.8 Å². The van der Waals surface area contributed by atoms with Gasteiger partial charge in [0.1, 0.15) is 5.75 Å². The minimum atomic E-state index is -3.68. The topological polar surface area (TPSA) is 96.0 Å². The molecule has 2 heterocycles. The van der Waals surface area contributed by atoms with Gasteiger partial charge in [-0.2, -0.15) is 4.31 Å². The number of benzene rings is 2. The van der Waals surface area contributed by atoms with Crippen LogP contribution in [0.25, 0.3) is 0 Å². The summed E-state index contributed by atoms with van der Waals surface area (Å²) >= 11 is 0. The van der Waals surface area contributed by atoms with Crippen LogP contribution in [-0.2, 0) is 26.0 Å². The van der Waals surface area contributed by atoms with E-state index >= 15 is 0 Å². The fraction of sp³-hybridized carbons (Fsp3) is 0.481. The van der Waals surface area contributed by atoms with E-state index in [-0.39, 0.29) is 34.6 Å². The Labute approximate surface area is 212 Å². The van der Waals surface area contributed by atoms with Crippen molar-refractivity contribution in [2.75, 3.05) is 29.9 Å². The van der Waals surface area contributed by atoms with Gasteiger partial charge in [0, 0.05) is 42.3 Å². The molecule has 1 aliphatic carbocycles. The van der Waals surface area contributed by atoms with Crippen molar-refractivity contribution in [3.63, 3.8) is 0 Å². The van der Waals surface area contributed by atoms with Gasteiger partial charge >= 0.3 is 0 Å². The lowest BCUT2D eigenvalue weighted by Gasteiger charge is -2.30. The molecule has 36 heavy (non-hydrogen) atoms. The number of piperidine rings is 1. The summed E-state index contributed by atoms with van der Waals surface area (Å²) in [7, 11) is -3.68. The maximum Gasteiger partial charge on any atom is 0.243 e. The third kappa shape index (κ3) is 4.86. The van der Waals surface area contributed by atoms with Crippen LogP contribution in [0.5, 0.6) is 5.75 Å². The zero-order chi connectivity index (χ0) is 25.4. The zero-order valence-electron chi connectivity index (χ0n) is 20.8. The number of hydrogen-bond donors (Lipinski definition) is 1. The van der Waals surface area contributed by atoms with Gasteiger partial charge in [-0.15, -0.1) is 0 Å². The quantitative estimate of drug-likeness (QED) is 0.610. The van der Waals surface area contributed by atoms with Crippen molar-refractivity contribution in [1.29, 1.82) is 0 Å². The molecule has 1 saturated carbocycles.